The summed E-state index contributed by atoms with van der Waals surface area (Å²) in [4.78, 5) is -1.08. The molecule has 1 aromatic carbocycles. The highest BCUT2D eigenvalue weighted by Gasteiger charge is 2.21. The Bertz CT molecular complexity index is 603. The predicted octanol–water partition coefficient (Wildman–Crippen LogP) is 0.757. The number of hydrogen-bond donors (Lipinski definition) is 0. The summed E-state index contributed by atoms with van der Waals surface area (Å²) in [6.07, 6.45) is 0.892. The zero-order valence-corrected chi connectivity index (χ0v) is 10.1. The van der Waals surface area contributed by atoms with Gasteiger partial charge in [-0.25, -0.2) is 8.42 Å². The van der Waals surface area contributed by atoms with Gasteiger partial charge in [0.2, 0.25) is 0 Å². The Kier molecular flexibility index (Phi) is 3.25. The van der Waals surface area contributed by atoms with Gasteiger partial charge >= 0.3 is 10.2 Å². The molecule has 0 saturated carbocycles. The first-order valence-corrected chi connectivity index (χ1v) is 7.26. The van der Waals surface area contributed by atoms with Crippen LogP contribution >= 0.6 is 0 Å². The molecule has 0 aliphatic heterocycles. The van der Waals surface area contributed by atoms with Crippen molar-refractivity contribution in [1.82, 2.24) is 0 Å². The van der Waals surface area contributed by atoms with Crippen LogP contribution in [0.25, 0.3) is 0 Å². The van der Waals surface area contributed by atoms with E-state index in [1.54, 1.807) is 0 Å². The topological polar surface area (TPSA) is 77.5 Å². The summed E-state index contributed by atoms with van der Waals surface area (Å²) in [7, 11) is -7.46. The van der Waals surface area contributed by atoms with E-state index in [-0.39, 0.29) is 10.6 Å². The Balaban J connectivity index is 3.58. The molecule has 8 heteroatoms. The van der Waals surface area contributed by atoms with Crippen LogP contribution in [0.1, 0.15) is 0 Å². The van der Waals surface area contributed by atoms with Gasteiger partial charge in [0.25, 0.3) is 0 Å². The quantitative estimate of drug-likeness (QED) is 0.756. The lowest BCUT2D eigenvalue weighted by atomic mass is 10.3. The minimum atomic E-state index is -5.02. The maximum atomic E-state index is 12.8. The van der Waals surface area contributed by atoms with Crippen molar-refractivity contribution in [2.75, 3.05) is 13.4 Å². The van der Waals surface area contributed by atoms with E-state index in [0.717, 1.165) is 31.6 Å². The zero-order chi connectivity index (χ0) is 12.6. The van der Waals surface area contributed by atoms with Crippen LogP contribution in [0.2, 0.25) is 0 Å². The maximum Gasteiger partial charge on any atom is 0.335 e. The molecule has 0 radical (unpaired) electrons. The van der Waals surface area contributed by atoms with Crippen LogP contribution in [-0.4, -0.2) is 30.2 Å². The molecule has 0 saturated heterocycles. The lowest BCUT2D eigenvalue weighted by molar-refractivity contribution is 0.400. The Morgan fingerprint density at radius 1 is 1.19 bits per heavy atom. The average molecular weight is 268 g/mol. The highest BCUT2D eigenvalue weighted by Crippen LogP contribution is 2.28. The van der Waals surface area contributed by atoms with Crippen molar-refractivity contribution in [3.8, 4) is 5.75 Å². The number of hydrogen-bond acceptors (Lipinski definition) is 5. The number of benzene rings is 1. The van der Waals surface area contributed by atoms with E-state index < -0.39 is 25.0 Å². The van der Waals surface area contributed by atoms with Gasteiger partial charge in [0.05, 0.1) is 12.0 Å². The molecule has 0 bridgehead atoms. The second-order valence-corrected chi connectivity index (χ2v) is 6.35. The normalized spacial score (nSPS) is 12.4. The number of rotatable bonds is 3. The smallest absolute Gasteiger partial charge is 0.335 e. The first kappa shape index (κ1) is 12.9. The molecule has 90 valence electrons. The second kappa shape index (κ2) is 4.02. The van der Waals surface area contributed by atoms with Gasteiger partial charge in [0.15, 0.2) is 9.84 Å². The summed E-state index contributed by atoms with van der Waals surface area (Å²) < 4.78 is 61.3. The number of sulfone groups is 1. The van der Waals surface area contributed by atoms with Crippen LogP contribution in [0.15, 0.2) is 28.0 Å². The molecular formula is C8H9FO5S2. The minimum Gasteiger partial charge on any atom is -0.495 e. The molecule has 0 atom stereocenters. The van der Waals surface area contributed by atoms with Crippen molar-refractivity contribution in [2.45, 2.75) is 9.79 Å². The van der Waals surface area contributed by atoms with Crippen molar-refractivity contribution in [3.05, 3.63) is 18.2 Å². The summed E-state index contributed by atoms with van der Waals surface area (Å²) in [6.45, 7) is 0. The molecule has 0 amide bonds. The lowest BCUT2D eigenvalue weighted by Gasteiger charge is -2.06. The van der Waals surface area contributed by atoms with Crippen LogP contribution < -0.4 is 4.74 Å². The van der Waals surface area contributed by atoms with E-state index in [9.17, 15) is 20.7 Å². The molecule has 5 nitrogen and oxygen atoms in total. The third kappa shape index (κ3) is 2.70. The molecule has 0 aliphatic rings. The first-order valence-electron chi connectivity index (χ1n) is 3.99. The molecule has 1 rings (SSSR count). The van der Waals surface area contributed by atoms with E-state index in [4.69, 9.17) is 0 Å². The molecule has 16 heavy (non-hydrogen) atoms. The van der Waals surface area contributed by atoms with E-state index in [0.29, 0.717) is 0 Å². The molecule has 0 fully saturated rings. The largest absolute Gasteiger partial charge is 0.495 e. The van der Waals surface area contributed by atoms with Crippen LogP contribution in [0.3, 0.4) is 0 Å². The highest BCUT2D eigenvalue weighted by molar-refractivity contribution is 7.90. The summed E-state index contributed by atoms with van der Waals surface area (Å²) in [6, 6.07) is 2.95. The second-order valence-electron chi connectivity index (χ2n) is 3.02. The minimum absolute atomic E-state index is 0.241. The Labute approximate surface area is 93.0 Å². The lowest BCUT2D eigenvalue weighted by Crippen LogP contribution is -2.02. The summed E-state index contributed by atoms with van der Waals surface area (Å²) in [5.41, 5.74) is 0. The molecule has 0 N–H and O–H groups in total. The average Bonchev–Trinajstić information content (AvgIpc) is 2.14. The summed E-state index contributed by atoms with van der Waals surface area (Å²) in [5.74, 6) is -0.241. The fraction of sp³-hybridized carbons (Fsp3) is 0.250. The van der Waals surface area contributed by atoms with Gasteiger partial charge in [-0.2, -0.15) is 8.42 Å². The van der Waals surface area contributed by atoms with E-state index in [1.807, 2.05) is 0 Å². The van der Waals surface area contributed by atoms with Gasteiger partial charge in [-0.3, -0.25) is 0 Å². The molecular weight excluding hydrogens is 259 g/mol. The van der Waals surface area contributed by atoms with Crippen LogP contribution in [0.4, 0.5) is 3.89 Å². The van der Waals surface area contributed by atoms with Crippen LogP contribution in [-0.2, 0) is 20.1 Å². The first-order chi connectivity index (χ1) is 7.16. The molecule has 0 unspecified atom stereocenters. The van der Waals surface area contributed by atoms with E-state index >= 15 is 0 Å². The molecule has 0 spiro atoms. The van der Waals surface area contributed by atoms with Crippen molar-refractivity contribution in [2.24, 2.45) is 0 Å². The number of ether oxygens (including phenoxy) is 1. The fourth-order valence-corrected chi connectivity index (χ4v) is 2.46. The molecule has 0 aromatic heterocycles. The predicted molar refractivity (Wildman–Crippen MR) is 54.4 cm³/mol. The Hall–Kier alpha value is -1.15. The van der Waals surface area contributed by atoms with E-state index in [1.165, 1.54) is 0 Å². The van der Waals surface area contributed by atoms with Gasteiger partial charge in [-0.1, -0.05) is 0 Å². The van der Waals surface area contributed by atoms with Crippen molar-refractivity contribution in [3.63, 3.8) is 0 Å². The standard InChI is InChI=1S/C8H9FO5S2/c1-14-7-4-3-6(15(2,10)11)5-8(7)16(9,12)13/h3-5H,1-2H3. The molecule has 0 aliphatic carbocycles. The summed E-state index contributed by atoms with van der Waals surface area (Å²) in [5, 5.41) is 0. The van der Waals surface area contributed by atoms with Crippen LogP contribution in [0.5, 0.6) is 5.75 Å². The van der Waals surface area contributed by atoms with Gasteiger partial charge in [-0.15, -0.1) is 3.89 Å². The molecule has 0 heterocycles. The number of halogens is 1. The zero-order valence-electron chi connectivity index (χ0n) is 8.47. The SMILES string of the molecule is COc1ccc(S(C)(=O)=O)cc1S(=O)(=O)F. The van der Waals surface area contributed by atoms with E-state index in [2.05, 4.69) is 4.74 Å². The van der Waals surface area contributed by atoms with Gasteiger partial charge < -0.3 is 4.74 Å². The maximum absolute atomic E-state index is 12.8. The monoisotopic (exact) mass is 268 g/mol. The molecule has 1 aromatic rings. The Morgan fingerprint density at radius 3 is 2.12 bits per heavy atom. The third-order valence-electron chi connectivity index (χ3n) is 1.83. The van der Waals surface area contributed by atoms with Gasteiger partial charge in [-0.05, 0) is 18.2 Å². The Morgan fingerprint density at radius 2 is 1.75 bits per heavy atom. The van der Waals surface area contributed by atoms with Gasteiger partial charge in [0, 0.05) is 6.26 Å². The third-order valence-corrected chi connectivity index (χ3v) is 3.78. The van der Waals surface area contributed by atoms with Crippen LogP contribution in [0, 0.1) is 0 Å². The number of methoxy groups -OCH3 is 1. The van der Waals surface area contributed by atoms with Crippen molar-refractivity contribution in [1.29, 1.82) is 0 Å². The van der Waals surface area contributed by atoms with Crippen molar-refractivity contribution >= 4 is 20.1 Å². The van der Waals surface area contributed by atoms with Gasteiger partial charge in [0.1, 0.15) is 10.6 Å². The van der Waals surface area contributed by atoms with Crippen molar-refractivity contribution < 1.29 is 25.5 Å². The fourth-order valence-electron chi connectivity index (χ4n) is 1.08. The summed E-state index contributed by atoms with van der Waals surface area (Å²) >= 11 is 0. The highest BCUT2D eigenvalue weighted by atomic mass is 32.3.